The lowest BCUT2D eigenvalue weighted by molar-refractivity contribution is 0.0626. The highest BCUT2D eigenvalue weighted by molar-refractivity contribution is 9.11. The minimum atomic E-state index is -1.01. The fourth-order valence-corrected chi connectivity index (χ4v) is 23.6. The second kappa shape index (κ2) is 43.3. The van der Waals surface area contributed by atoms with Crippen molar-refractivity contribution in [3.8, 4) is 45.0 Å². The predicted molar refractivity (Wildman–Crippen MR) is 518 cm³/mol. The highest BCUT2D eigenvalue weighted by Crippen LogP contribution is 2.44. The molecule has 40 heteroatoms. The van der Waals surface area contributed by atoms with Gasteiger partial charge in [0.05, 0.1) is 103 Å². The van der Waals surface area contributed by atoms with Crippen molar-refractivity contribution in [3.05, 3.63) is 318 Å². The molecule has 20 rings (SSSR count). The fraction of sp³-hybridized carbons (Fsp3) is 0.258. The molecule has 8 aromatic heterocycles. The van der Waals surface area contributed by atoms with E-state index in [1.807, 2.05) is 36.9 Å². The number of carboxylic acid groups (broad SMARTS) is 1. The molecule has 0 bridgehead atoms. The highest BCUT2D eigenvalue weighted by Gasteiger charge is 2.41. The Morgan fingerprint density at radius 1 is 0.387 bits per heavy atom. The average Bonchev–Trinajstić information content (AvgIpc) is 1.62. The first kappa shape index (κ1) is 98.6. The van der Waals surface area contributed by atoms with Gasteiger partial charge in [0.2, 0.25) is 0 Å². The van der Waals surface area contributed by atoms with E-state index in [-0.39, 0.29) is 80.3 Å². The van der Waals surface area contributed by atoms with Crippen LogP contribution >= 0.6 is 109 Å². The molecular weight excluding hydrogens is 2120 g/mol. The van der Waals surface area contributed by atoms with Gasteiger partial charge in [0.1, 0.15) is 4.88 Å². The Kier molecular flexibility index (Phi) is 31.2. The number of aromatic carboxylic acids is 1. The topological polar surface area (TPSA) is 345 Å². The summed E-state index contributed by atoms with van der Waals surface area (Å²) in [6, 6.07) is 33.1. The van der Waals surface area contributed by atoms with Gasteiger partial charge < -0.3 is 38.3 Å². The maximum atomic E-state index is 14.0. The molecule has 0 unspecified atom stereocenters. The third-order valence-electron chi connectivity index (χ3n) is 23.8. The summed E-state index contributed by atoms with van der Waals surface area (Å²) in [5.41, 5.74) is 29.1. The number of amides is 5. The molecular formula is C97H83Br4F8N15O9S4. The molecule has 5 amide bonds. The lowest BCUT2D eigenvalue weighted by atomic mass is 9.92. The number of ketones is 2. The largest absolute Gasteiger partial charge is 0.477 e. The lowest BCUT2D eigenvalue weighted by Crippen LogP contribution is -2.46. The Labute approximate surface area is 828 Å². The average molecular weight is 2200 g/mol. The first-order chi connectivity index (χ1) is 65.8. The minimum Gasteiger partial charge on any atom is -0.477 e. The van der Waals surface area contributed by atoms with E-state index in [1.165, 1.54) is 69.6 Å². The van der Waals surface area contributed by atoms with Gasteiger partial charge in [0.25, 0.3) is 29.5 Å². The predicted octanol–water partition coefficient (Wildman–Crippen LogP) is 19.0. The Bertz CT molecular complexity index is 6790. The van der Waals surface area contributed by atoms with Gasteiger partial charge >= 0.3 is 5.97 Å². The van der Waals surface area contributed by atoms with E-state index in [1.54, 1.807) is 79.4 Å². The fourth-order valence-electron chi connectivity index (χ4n) is 17.2. The quantitative estimate of drug-likeness (QED) is 0.0200. The first-order valence-corrected chi connectivity index (χ1v) is 49.9. The summed E-state index contributed by atoms with van der Waals surface area (Å²) in [6.45, 7) is 3.59. The normalized spacial score (nSPS) is 14.6. The van der Waals surface area contributed by atoms with Gasteiger partial charge in [-0.25, -0.2) is 39.9 Å². The number of thiophene rings is 4. The molecule has 0 radical (unpaired) electrons. The van der Waals surface area contributed by atoms with Crippen molar-refractivity contribution in [1.29, 1.82) is 0 Å². The van der Waals surface area contributed by atoms with E-state index in [0.29, 0.717) is 76.9 Å². The van der Waals surface area contributed by atoms with Crippen LogP contribution in [0, 0.1) is 52.5 Å². The molecule has 5 aliphatic heterocycles. The van der Waals surface area contributed by atoms with Gasteiger partial charge in [-0.05, 0) is 254 Å². The van der Waals surface area contributed by atoms with E-state index < -0.39 is 82.3 Å². The van der Waals surface area contributed by atoms with Crippen LogP contribution in [0.3, 0.4) is 0 Å². The van der Waals surface area contributed by atoms with Gasteiger partial charge in [-0.1, -0.05) is 60.7 Å². The maximum Gasteiger partial charge on any atom is 0.345 e. The number of benzene rings is 6. The third kappa shape index (κ3) is 22.2. The number of carboxylic acids is 1. The van der Waals surface area contributed by atoms with Gasteiger partial charge in [-0.15, -0.1) is 45.3 Å². The van der Waals surface area contributed by atoms with Crippen molar-refractivity contribution < 1.29 is 78.6 Å². The van der Waals surface area contributed by atoms with Crippen LogP contribution in [0.4, 0.5) is 35.1 Å². The van der Waals surface area contributed by atoms with E-state index in [4.69, 9.17) is 22.3 Å². The molecule has 0 fully saturated rings. The number of Topliss-reactive ketones (excluding diaryl/α,β-unsaturated/α-hetero) is 2. The molecule has 6 aliphatic rings. The van der Waals surface area contributed by atoms with Crippen molar-refractivity contribution in [2.24, 2.45) is 23.1 Å². The molecule has 24 nitrogen and oxygen atoms in total. The molecule has 1 aliphatic carbocycles. The molecule has 137 heavy (non-hydrogen) atoms. The van der Waals surface area contributed by atoms with Crippen molar-refractivity contribution >= 4 is 156 Å². The number of imide groups is 1. The number of aryl methyl sites for hydroxylation is 8. The van der Waals surface area contributed by atoms with Crippen molar-refractivity contribution in [3.63, 3.8) is 0 Å². The zero-order valence-corrected chi connectivity index (χ0v) is 81.9. The molecule has 0 saturated heterocycles. The van der Waals surface area contributed by atoms with Gasteiger partial charge in [-0.2, -0.15) is 20.4 Å². The summed E-state index contributed by atoms with van der Waals surface area (Å²) in [4.78, 5) is 109. The number of nitrogens with one attached hydrogen (secondary N) is 3. The number of fused-ring (bicyclic) bond motifs is 14. The number of carbonyl (C=O) groups excluding carboxylic acids is 7. The number of aromatic nitrogens is 8. The van der Waals surface area contributed by atoms with Crippen LogP contribution in [0.5, 0.6) is 0 Å². The second-order valence-corrected chi connectivity index (χ2v) is 41.1. The van der Waals surface area contributed by atoms with E-state index in [2.05, 4.69) is 100 Å². The van der Waals surface area contributed by atoms with Crippen LogP contribution in [0.25, 0.3) is 45.0 Å². The van der Waals surface area contributed by atoms with Crippen LogP contribution in [0.1, 0.15) is 154 Å². The summed E-state index contributed by atoms with van der Waals surface area (Å²) in [5.74, 6) is -11.3. The number of hydrogen-bond donors (Lipinski definition) is 7. The summed E-state index contributed by atoms with van der Waals surface area (Å²) in [6.07, 6.45) is 15.5. The van der Waals surface area contributed by atoms with Crippen LogP contribution in [0.2, 0.25) is 0 Å². The van der Waals surface area contributed by atoms with Gasteiger partial charge in [-0.3, -0.25) is 57.2 Å². The first-order valence-electron chi connectivity index (χ1n) is 43.4. The highest BCUT2D eigenvalue weighted by atomic mass is 79.9. The van der Waals surface area contributed by atoms with Crippen LogP contribution in [-0.4, -0.2) is 140 Å². The van der Waals surface area contributed by atoms with E-state index in [0.717, 1.165) is 213 Å². The van der Waals surface area contributed by atoms with Crippen LogP contribution < -0.4 is 33.2 Å². The Morgan fingerprint density at radius 3 is 0.978 bits per heavy atom. The van der Waals surface area contributed by atoms with Crippen LogP contribution in [-0.2, 0) is 77.5 Å². The molecule has 0 spiro atoms. The third-order valence-corrected chi connectivity index (χ3v) is 30.9. The maximum absolute atomic E-state index is 14.0. The number of hydrogen-bond acceptors (Lipinski definition) is 19. The summed E-state index contributed by atoms with van der Waals surface area (Å²) in [5, 5.41) is 35.3. The van der Waals surface area contributed by atoms with Gasteiger partial charge in [0, 0.05) is 117 Å². The Balaban J connectivity index is 0.000000127. The van der Waals surface area contributed by atoms with Crippen molar-refractivity contribution in [2.45, 2.75) is 134 Å². The zero-order valence-electron chi connectivity index (χ0n) is 72.3. The monoisotopic (exact) mass is 2200 g/mol. The van der Waals surface area contributed by atoms with Crippen molar-refractivity contribution in [2.75, 3.05) is 19.6 Å². The standard InChI is InChI=1S/C28H21BrF2N4O3S.2C20H19BrF2N4OS.C18H15F2NO2.C11H9BrN2O2S/c29-20-13-32-35-9-3-6-23-19(25(20)35)12-24(39-23)26(36)33-16(10-15-7-8-21(30)22(31)11-15)14-34-27(37)17-4-1-2-5-18(17)28(34)38;2*21-14-10-25-27-5-1-2-17-13(19(14)27)8-18(29-17)20(28)26-12(9-24)6-11-3-4-15(22)16(23)7-11;19-15-6-5-10(8-16(15)20)7-11(21)9-14-17(22)12-3-1-2-4-13(12)18(14)23;12-7-5-13-14-3-1-2-8-6(10(7)14)4-9(17-8)11(15)16/h1-2,4-5,7-8,11-13,16H,3,6,9-10,14H2,(H,33,36);2*3-4,7-8,10,12H,1-2,5-6,9,24H2,(H,26,28);1-6,8,11,14H,7,9,21H2;4-5H,1-3H2,(H,15,16)/t16-;2*12-;11-;/m0000./s1. The minimum absolute atomic E-state index is 0.0831. The molecule has 708 valence electrons. The number of rotatable bonds is 21. The number of nitrogens with two attached hydrogens (primary N) is 3. The number of halogens is 12. The molecule has 13 heterocycles. The Hall–Kier alpha value is -11.4. The molecule has 6 aromatic carbocycles. The van der Waals surface area contributed by atoms with E-state index in [9.17, 15) is 73.5 Å². The number of carbonyl (C=O) groups is 8. The number of nitrogens with zero attached hydrogens (tertiary/aromatic N) is 9. The zero-order chi connectivity index (χ0) is 96.9. The molecule has 0 saturated carbocycles. The van der Waals surface area contributed by atoms with Crippen LogP contribution in [0.15, 0.2) is 188 Å². The second-order valence-electron chi connectivity index (χ2n) is 33.1. The SMILES string of the molecule is NC[C@H](Cc1ccc(F)c(F)c1)NC(=O)c1cc2c(s1)CCCn1ncc(Br)c1-2.NC[C@H](Cc1ccc(F)c(F)c1)NC(=O)c1cc2c(s1)CCCn1ncc(Br)c1-2.N[C@@H](Cc1ccc(F)c(F)c1)CC1C(=O)c2ccccc2C1=O.O=C(N[C@@H](Cc1ccc(F)c(F)c1)CN1C(=O)c2ccccc2C1=O)c1cc2c(s1)CCCn1ncc(Br)c1-2.O=C(O)c1cc2c(s1)CCCn1ncc(Br)c1-2. The summed E-state index contributed by atoms with van der Waals surface area (Å²) in [7, 11) is 0. The Morgan fingerprint density at radius 2 is 0.672 bits per heavy atom. The summed E-state index contributed by atoms with van der Waals surface area (Å²) < 4.78 is 118. The van der Waals surface area contributed by atoms with Gasteiger partial charge in [0.15, 0.2) is 58.1 Å². The van der Waals surface area contributed by atoms with E-state index >= 15 is 0 Å². The van der Waals surface area contributed by atoms with Crippen molar-refractivity contribution in [1.82, 2.24) is 60.0 Å². The lowest BCUT2D eigenvalue weighted by Gasteiger charge is -2.24. The molecule has 4 atom stereocenters. The molecule has 14 aromatic rings. The summed E-state index contributed by atoms with van der Waals surface area (Å²) >= 11 is 19.8. The smallest absolute Gasteiger partial charge is 0.345 e. The molecule has 10 N–H and O–H groups in total.